The Hall–Kier alpha value is -3.16. The van der Waals surface area contributed by atoms with Gasteiger partial charge in [-0.2, -0.15) is 18.2 Å². The number of hydrogen-bond acceptors (Lipinski definition) is 4. The number of aryl methyl sites for hydroxylation is 1. The normalized spacial score (nSPS) is 11.3. The van der Waals surface area contributed by atoms with Crippen LogP contribution in [0.25, 0.3) is 0 Å². The third-order valence-corrected chi connectivity index (χ3v) is 3.42. The highest BCUT2D eigenvalue weighted by Crippen LogP contribution is 2.31. The van der Waals surface area contributed by atoms with Gasteiger partial charge >= 0.3 is 6.18 Å². The summed E-state index contributed by atoms with van der Waals surface area (Å²) in [5.41, 5.74) is 0.699. The highest BCUT2D eigenvalue weighted by molar-refractivity contribution is 5.60. The van der Waals surface area contributed by atoms with Crippen molar-refractivity contribution in [3.05, 3.63) is 71.7 Å². The van der Waals surface area contributed by atoms with Crippen molar-refractivity contribution in [2.45, 2.75) is 13.1 Å². The average Bonchev–Trinajstić information content (AvgIpc) is 2.56. The molecule has 2 N–H and O–H groups in total. The number of halogens is 4. The molecule has 3 rings (SSSR count). The first kappa shape index (κ1) is 17.7. The second-order valence-electron chi connectivity index (χ2n) is 5.55. The number of nitrogens with zero attached hydrogens (tertiary/aromatic N) is 2. The fourth-order valence-electron chi connectivity index (χ4n) is 2.27. The van der Waals surface area contributed by atoms with E-state index in [0.717, 1.165) is 12.1 Å². The molecule has 0 fully saturated rings. The van der Waals surface area contributed by atoms with E-state index in [1.807, 2.05) is 0 Å². The topological polar surface area (TPSA) is 49.8 Å². The van der Waals surface area contributed by atoms with Gasteiger partial charge in [0, 0.05) is 23.1 Å². The number of anilines is 4. The van der Waals surface area contributed by atoms with Crippen molar-refractivity contribution >= 4 is 23.1 Å². The lowest BCUT2D eigenvalue weighted by atomic mass is 10.2. The lowest BCUT2D eigenvalue weighted by molar-refractivity contribution is -0.137. The van der Waals surface area contributed by atoms with Gasteiger partial charge in [-0.05, 0) is 49.4 Å². The highest BCUT2D eigenvalue weighted by Gasteiger charge is 2.30. The smallest absolute Gasteiger partial charge is 0.340 e. The Morgan fingerprint density at radius 3 is 2.27 bits per heavy atom. The summed E-state index contributed by atoms with van der Waals surface area (Å²) in [6.07, 6.45) is -4.42. The number of aromatic nitrogens is 2. The molecule has 0 unspecified atom stereocenters. The van der Waals surface area contributed by atoms with Gasteiger partial charge in [0.2, 0.25) is 5.95 Å². The van der Waals surface area contributed by atoms with Gasteiger partial charge in [0.25, 0.3) is 0 Å². The van der Waals surface area contributed by atoms with E-state index < -0.39 is 11.7 Å². The van der Waals surface area contributed by atoms with E-state index in [4.69, 9.17) is 0 Å². The Labute approximate surface area is 146 Å². The van der Waals surface area contributed by atoms with E-state index in [1.54, 1.807) is 13.0 Å². The monoisotopic (exact) mass is 362 g/mol. The quantitative estimate of drug-likeness (QED) is 0.608. The first-order chi connectivity index (χ1) is 12.3. The Kier molecular flexibility index (Phi) is 4.75. The van der Waals surface area contributed by atoms with Crippen molar-refractivity contribution in [1.29, 1.82) is 0 Å². The van der Waals surface area contributed by atoms with Gasteiger partial charge in [0.05, 0.1) is 5.56 Å². The van der Waals surface area contributed by atoms with Crippen LogP contribution in [0.3, 0.4) is 0 Å². The summed E-state index contributed by atoms with van der Waals surface area (Å²) in [5, 5.41) is 5.77. The molecule has 0 spiro atoms. The summed E-state index contributed by atoms with van der Waals surface area (Å²) in [6.45, 7) is 1.73. The van der Waals surface area contributed by atoms with E-state index in [-0.39, 0.29) is 17.5 Å². The molecule has 0 aliphatic rings. The lowest BCUT2D eigenvalue weighted by Gasteiger charge is -2.12. The summed E-state index contributed by atoms with van der Waals surface area (Å²) in [5.74, 6) is 0.208. The molecule has 0 aliphatic carbocycles. The van der Waals surface area contributed by atoms with E-state index in [2.05, 4.69) is 20.6 Å². The molecule has 8 heteroatoms. The Morgan fingerprint density at radius 2 is 1.58 bits per heavy atom. The number of alkyl halides is 3. The largest absolute Gasteiger partial charge is 0.416 e. The van der Waals surface area contributed by atoms with Gasteiger partial charge in [-0.25, -0.2) is 9.37 Å². The van der Waals surface area contributed by atoms with Crippen molar-refractivity contribution in [3.8, 4) is 0 Å². The van der Waals surface area contributed by atoms with Crippen LogP contribution < -0.4 is 10.6 Å². The van der Waals surface area contributed by atoms with Crippen molar-refractivity contribution < 1.29 is 17.6 Å². The zero-order chi connectivity index (χ0) is 18.7. The second kappa shape index (κ2) is 6.99. The molecule has 0 amide bonds. The number of nitrogens with one attached hydrogen (secondary N) is 2. The summed E-state index contributed by atoms with van der Waals surface area (Å²) in [6, 6.07) is 12.1. The molecule has 0 aliphatic heterocycles. The number of benzene rings is 2. The van der Waals surface area contributed by atoms with Crippen molar-refractivity contribution in [3.63, 3.8) is 0 Å². The first-order valence-electron chi connectivity index (χ1n) is 7.62. The molecule has 0 bridgehead atoms. The van der Waals surface area contributed by atoms with Gasteiger partial charge in [0.15, 0.2) is 0 Å². The zero-order valence-corrected chi connectivity index (χ0v) is 13.6. The van der Waals surface area contributed by atoms with E-state index >= 15 is 0 Å². The summed E-state index contributed by atoms with van der Waals surface area (Å²) >= 11 is 0. The van der Waals surface area contributed by atoms with Crippen LogP contribution in [-0.4, -0.2) is 9.97 Å². The van der Waals surface area contributed by atoms with Crippen LogP contribution in [0.15, 0.2) is 54.6 Å². The van der Waals surface area contributed by atoms with Crippen LogP contribution in [0.4, 0.5) is 40.7 Å². The Bertz CT molecular complexity index is 908. The van der Waals surface area contributed by atoms with Gasteiger partial charge < -0.3 is 10.6 Å². The van der Waals surface area contributed by atoms with Crippen molar-refractivity contribution in [1.82, 2.24) is 9.97 Å². The third-order valence-electron chi connectivity index (χ3n) is 3.42. The Balaban J connectivity index is 1.83. The fourth-order valence-corrected chi connectivity index (χ4v) is 2.27. The SMILES string of the molecule is Cc1cc(Nc2cccc(C(F)(F)F)c2)nc(Nc2ccc(F)cc2)n1. The average molecular weight is 362 g/mol. The zero-order valence-electron chi connectivity index (χ0n) is 13.6. The second-order valence-corrected chi connectivity index (χ2v) is 5.55. The molecule has 0 saturated heterocycles. The van der Waals surface area contributed by atoms with Crippen molar-refractivity contribution in [2.24, 2.45) is 0 Å². The molecule has 0 radical (unpaired) electrons. The fraction of sp³-hybridized carbons (Fsp3) is 0.111. The summed E-state index contributed by atoms with van der Waals surface area (Å²) in [7, 11) is 0. The van der Waals surface area contributed by atoms with E-state index in [9.17, 15) is 17.6 Å². The molecule has 26 heavy (non-hydrogen) atoms. The van der Waals surface area contributed by atoms with Crippen LogP contribution in [0.1, 0.15) is 11.3 Å². The van der Waals surface area contributed by atoms with Crippen LogP contribution in [0.2, 0.25) is 0 Å². The standard InChI is InChI=1S/C18H14F4N4/c1-11-9-16(24-15-4-2-3-12(10-15)18(20,21)22)26-17(23-11)25-14-7-5-13(19)6-8-14/h2-10H,1H3,(H2,23,24,25,26). The minimum Gasteiger partial charge on any atom is -0.340 e. The number of hydrogen-bond donors (Lipinski definition) is 2. The predicted molar refractivity (Wildman–Crippen MR) is 91.2 cm³/mol. The molecular formula is C18H14F4N4. The maximum atomic E-state index is 13.0. The van der Waals surface area contributed by atoms with Crippen LogP contribution in [0.5, 0.6) is 0 Å². The van der Waals surface area contributed by atoms with Gasteiger partial charge in [0.1, 0.15) is 11.6 Å². The van der Waals surface area contributed by atoms with Crippen LogP contribution in [-0.2, 0) is 6.18 Å². The molecule has 0 atom stereocenters. The van der Waals surface area contributed by atoms with Gasteiger partial charge in [-0.15, -0.1) is 0 Å². The minimum atomic E-state index is -4.42. The molecular weight excluding hydrogens is 348 g/mol. The molecule has 1 heterocycles. The molecule has 3 aromatic rings. The number of rotatable bonds is 4. The summed E-state index contributed by atoms with van der Waals surface area (Å²) < 4.78 is 51.4. The van der Waals surface area contributed by atoms with E-state index in [1.165, 1.54) is 36.4 Å². The maximum absolute atomic E-state index is 13.0. The minimum absolute atomic E-state index is 0.242. The molecule has 0 saturated carbocycles. The van der Waals surface area contributed by atoms with E-state index in [0.29, 0.717) is 17.2 Å². The van der Waals surface area contributed by atoms with Crippen LogP contribution >= 0.6 is 0 Å². The van der Waals surface area contributed by atoms with Gasteiger partial charge in [-0.3, -0.25) is 0 Å². The van der Waals surface area contributed by atoms with Gasteiger partial charge in [-0.1, -0.05) is 6.07 Å². The van der Waals surface area contributed by atoms with Crippen molar-refractivity contribution in [2.75, 3.05) is 10.6 Å². The molecule has 2 aromatic carbocycles. The lowest BCUT2D eigenvalue weighted by Crippen LogP contribution is -2.06. The third kappa shape index (κ3) is 4.47. The van der Waals surface area contributed by atoms with Crippen LogP contribution in [0, 0.1) is 12.7 Å². The molecule has 4 nitrogen and oxygen atoms in total. The summed E-state index contributed by atoms with van der Waals surface area (Å²) in [4.78, 5) is 8.44. The molecule has 1 aromatic heterocycles. The highest BCUT2D eigenvalue weighted by atomic mass is 19.4. The Morgan fingerprint density at radius 1 is 0.846 bits per heavy atom. The maximum Gasteiger partial charge on any atom is 0.416 e. The predicted octanol–water partition coefficient (Wildman–Crippen LogP) is 5.43. The first-order valence-corrected chi connectivity index (χ1v) is 7.62. The molecule has 134 valence electrons.